The van der Waals surface area contributed by atoms with Gasteiger partial charge in [0.25, 0.3) is 0 Å². The number of nitrogens with one attached hydrogen (secondary N) is 2. The van der Waals surface area contributed by atoms with Crippen molar-refractivity contribution in [2.75, 3.05) is 46.3 Å². The second-order valence-corrected chi connectivity index (χ2v) is 4.72. The Morgan fingerprint density at radius 3 is 2.41 bits per heavy atom. The van der Waals surface area contributed by atoms with E-state index in [0.717, 1.165) is 32.7 Å². The van der Waals surface area contributed by atoms with Gasteiger partial charge in [-0.3, -0.25) is 18.0 Å². The maximum Gasteiger partial charge on any atom is 0.237 e. The van der Waals surface area contributed by atoms with E-state index in [0.29, 0.717) is 13.0 Å². The minimum atomic E-state index is 0.0672. The monoisotopic (exact) mass is 354 g/mol. The van der Waals surface area contributed by atoms with Gasteiger partial charge in [0.1, 0.15) is 0 Å². The van der Waals surface area contributed by atoms with Crippen LogP contribution in [0.3, 0.4) is 0 Å². The summed E-state index contributed by atoms with van der Waals surface area (Å²) in [6, 6.07) is 0. The van der Waals surface area contributed by atoms with Gasteiger partial charge < -0.3 is 10.2 Å². The van der Waals surface area contributed by atoms with Crippen molar-refractivity contribution in [3.8, 4) is 0 Å². The smallest absolute Gasteiger partial charge is 0.237 e. The van der Waals surface area contributed by atoms with Crippen LogP contribution < -0.4 is 8.85 Å². The zero-order valence-electron chi connectivity index (χ0n) is 10.0. The first kappa shape index (κ1) is 14.7. The van der Waals surface area contributed by atoms with Crippen molar-refractivity contribution in [2.45, 2.75) is 6.42 Å². The molecule has 6 nitrogen and oxygen atoms in total. The van der Waals surface area contributed by atoms with E-state index in [9.17, 15) is 9.59 Å². The Morgan fingerprint density at radius 2 is 1.88 bits per heavy atom. The summed E-state index contributed by atoms with van der Waals surface area (Å²) >= 11 is 1.98. The summed E-state index contributed by atoms with van der Waals surface area (Å²) in [5.74, 6) is 0.211. The van der Waals surface area contributed by atoms with Crippen molar-refractivity contribution in [3.63, 3.8) is 0 Å². The van der Waals surface area contributed by atoms with Crippen LogP contribution in [0.4, 0.5) is 0 Å². The summed E-state index contributed by atoms with van der Waals surface area (Å²) in [7, 11) is 1.65. The highest BCUT2D eigenvalue weighted by Gasteiger charge is 2.20. The number of carbonyl (C=O) groups excluding carboxylic acids is 2. The van der Waals surface area contributed by atoms with Gasteiger partial charge in [-0.15, -0.1) is 0 Å². The van der Waals surface area contributed by atoms with Crippen LogP contribution in [0, 0.1) is 0 Å². The van der Waals surface area contributed by atoms with Crippen LogP contribution >= 0.6 is 22.9 Å². The van der Waals surface area contributed by atoms with Gasteiger partial charge in [0.05, 0.1) is 6.54 Å². The lowest BCUT2D eigenvalue weighted by atomic mass is 10.2. The second kappa shape index (κ2) is 7.83. The standard InChI is InChI=1S/C10H19IN4O2/c1-12-9(16)2-3-14-4-6-15(7-5-14)10(17)8-13-11/h13H,2-8H2,1H3,(H,12,16). The van der Waals surface area contributed by atoms with E-state index in [2.05, 4.69) is 13.7 Å². The van der Waals surface area contributed by atoms with Crippen molar-refractivity contribution in [3.05, 3.63) is 0 Å². The first-order valence-corrected chi connectivity index (χ1v) is 6.79. The van der Waals surface area contributed by atoms with Crippen molar-refractivity contribution < 1.29 is 9.59 Å². The van der Waals surface area contributed by atoms with E-state index in [4.69, 9.17) is 0 Å². The predicted octanol–water partition coefficient (Wildman–Crippen LogP) is -0.794. The average Bonchev–Trinajstić information content (AvgIpc) is 2.36. The third kappa shape index (κ3) is 5.17. The molecule has 0 aromatic carbocycles. The van der Waals surface area contributed by atoms with Crippen LogP contribution in [0.2, 0.25) is 0 Å². The van der Waals surface area contributed by atoms with E-state index < -0.39 is 0 Å². The Balaban J connectivity index is 2.21. The molecular weight excluding hydrogens is 335 g/mol. The summed E-state index contributed by atoms with van der Waals surface area (Å²) in [5.41, 5.74) is 0. The van der Waals surface area contributed by atoms with Crippen molar-refractivity contribution >= 4 is 34.7 Å². The zero-order chi connectivity index (χ0) is 12.7. The van der Waals surface area contributed by atoms with E-state index in [1.807, 2.05) is 27.8 Å². The maximum atomic E-state index is 11.6. The van der Waals surface area contributed by atoms with Gasteiger partial charge in [0, 0.05) is 69.1 Å². The van der Waals surface area contributed by atoms with Crippen molar-refractivity contribution in [2.24, 2.45) is 0 Å². The maximum absolute atomic E-state index is 11.6. The van der Waals surface area contributed by atoms with Gasteiger partial charge in [-0.25, -0.2) is 0 Å². The topological polar surface area (TPSA) is 64.7 Å². The quantitative estimate of drug-likeness (QED) is 0.502. The molecule has 1 heterocycles. The molecule has 0 unspecified atom stereocenters. The van der Waals surface area contributed by atoms with Crippen LogP contribution in [-0.2, 0) is 9.59 Å². The molecule has 1 saturated heterocycles. The molecule has 1 fully saturated rings. The molecule has 1 aliphatic heterocycles. The molecule has 0 saturated carbocycles. The van der Waals surface area contributed by atoms with Gasteiger partial charge in [-0.05, 0) is 0 Å². The van der Waals surface area contributed by atoms with E-state index in [1.54, 1.807) is 7.05 Å². The molecule has 0 aromatic rings. The first-order valence-electron chi connectivity index (χ1n) is 5.71. The fourth-order valence-corrected chi connectivity index (χ4v) is 2.10. The number of nitrogens with zero attached hydrogens (tertiary/aromatic N) is 2. The van der Waals surface area contributed by atoms with E-state index in [1.165, 1.54) is 0 Å². The number of carbonyl (C=O) groups is 2. The number of rotatable bonds is 5. The Labute approximate surface area is 116 Å². The number of piperazine rings is 1. The predicted molar refractivity (Wildman–Crippen MR) is 73.7 cm³/mol. The highest BCUT2D eigenvalue weighted by atomic mass is 127. The molecule has 17 heavy (non-hydrogen) atoms. The lowest BCUT2D eigenvalue weighted by Gasteiger charge is -2.34. The van der Waals surface area contributed by atoms with Crippen LogP contribution in [0.1, 0.15) is 6.42 Å². The molecule has 0 aliphatic carbocycles. The SMILES string of the molecule is CNC(=O)CCN1CCN(C(=O)CNI)CC1. The summed E-state index contributed by atoms with van der Waals surface area (Å²) in [5, 5.41) is 2.61. The normalized spacial score (nSPS) is 16.9. The minimum absolute atomic E-state index is 0.0672. The van der Waals surface area contributed by atoms with E-state index >= 15 is 0 Å². The molecule has 2 N–H and O–H groups in total. The number of amides is 2. The van der Waals surface area contributed by atoms with Crippen molar-refractivity contribution in [1.29, 1.82) is 0 Å². The average molecular weight is 354 g/mol. The largest absolute Gasteiger partial charge is 0.359 e. The van der Waals surface area contributed by atoms with Gasteiger partial charge in [0.2, 0.25) is 11.8 Å². The van der Waals surface area contributed by atoms with Gasteiger partial charge in [-0.1, -0.05) is 0 Å². The lowest BCUT2D eigenvalue weighted by molar-refractivity contribution is -0.131. The van der Waals surface area contributed by atoms with Crippen LogP contribution in [0.5, 0.6) is 0 Å². The highest BCUT2D eigenvalue weighted by Crippen LogP contribution is 2.02. The molecule has 98 valence electrons. The Kier molecular flexibility index (Phi) is 6.75. The van der Waals surface area contributed by atoms with Crippen LogP contribution in [-0.4, -0.2) is 67.9 Å². The number of halogens is 1. The highest BCUT2D eigenvalue weighted by molar-refractivity contribution is 14.1. The molecule has 0 aromatic heterocycles. The molecule has 1 aliphatic rings. The Bertz CT molecular complexity index is 267. The van der Waals surface area contributed by atoms with Crippen molar-refractivity contribution in [1.82, 2.24) is 18.6 Å². The van der Waals surface area contributed by atoms with Gasteiger partial charge >= 0.3 is 0 Å². The molecule has 0 spiro atoms. The van der Waals surface area contributed by atoms with E-state index in [-0.39, 0.29) is 11.8 Å². The Morgan fingerprint density at radius 1 is 1.24 bits per heavy atom. The fraction of sp³-hybridized carbons (Fsp3) is 0.800. The van der Waals surface area contributed by atoms with Crippen LogP contribution in [0.25, 0.3) is 0 Å². The molecule has 2 amide bonds. The molecule has 0 atom stereocenters. The summed E-state index contributed by atoms with van der Waals surface area (Å²) < 4.78 is 2.84. The molecule has 0 radical (unpaired) electrons. The minimum Gasteiger partial charge on any atom is -0.359 e. The lowest BCUT2D eigenvalue weighted by Crippen LogP contribution is -2.50. The van der Waals surface area contributed by atoms with Gasteiger partial charge in [-0.2, -0.15) is 0 Å². The Hall–Kier alpha value is -0.410. The van der Waals surface area contributed by atoms with Gasteiger partial charge in [0.15, 0.2) is 0 Å². The summed E-state index contributed by atoms with van der Waals surface area (Å²) in [6.07, 6.45) is 0.528. The molecule has 7 heteroatoms. The number of hydrogen-bond donors (Lipinski definition) is 2. The summed E-state index contributed by atoms with van der Waals surface area (Å²) in [4.78, 5) is 26.8. The fourth-order valence-electron chi connectivity index (χ4n) is 1.77. The van der Waals surface area contributed by atoms with Crippen LogP contribution in [0.15, 0.2) is 0 Å². The molecular formula is C10H19IN4O2. The third-order valence-electron chi connectivity index (χ3n) is 2.88. The molecule has 1 rings (SSSR count). The third-order valence-corrected chi connectivity index (χ3v) is 3.26. The number of hydrogen-bond acceptors (Lipinski definition) is 4. The molecule has 0 bridgehead atoms. The zero-order valence-corrected chi connectivity index (χ0v) is 12.2. The summed E-state index contributed by atoms with van der Waals surface area (Å²) in [6.45, 7) is 4.37. The first-order chi connectivity index (χ1) is 8.17. The second-order valence-electron chi connectivity index (χ2n) is 3.96.